The molecule has 2 N–H and O–H groups in total. The standard InChI is InChI=1S/C19H17N5O4/c1-10-13-6-5-11(9-15(13)24(23-10)19(25)26)20-18-21-14-7-8-27-16(14)17(22-18)28-12-3-2-4-12/h5-9,12H,2-4H2,1H3,(H,25,26)(H,20,21,22). The normalized spacial score (nSPS) is 14.3. The van der Waals surface area contributed by atoms with Gasteiger partial charge in [0, 0.05) is 17.1 Å². The summed E-state index contributed by atoms with van der Waals surface area (Å²) in [5.41, 5.74) is 2.95. The van der Waals surface area contributed by atoms with Crippen LogP contribution in [0.4, 0.5) is 16.4 Å². The maximum atomic E-state index is 11.4. The molecular formula is C19H17N5O4. The smallest absolute Gasteiger partial charge is 0.432 e. The third kappa shape index (κ3) is 2.72. The average Bonchev–Trinajstić information content (AvgIpc) is 3.22. The number of nitrogens with zero attached hydrogens (tertiary/aromatic N) is 4. The number of benzene rings is 1. The summed E-state index contributed by atoms with van der Waals surface area (Å²) in [7, 11) is 0. The second kappa shape index (κ2) is 6.22. The first-order valence-electron chi connectivity index (χ1n) is 9.00. The molecule has 28 heavy (non-hydrogen) atoms. The lowest BCUT2D eigenvalue weighted by atomic mass is 9.96. The van der Waals surface area contributed by atoms with Crippen molar-refractivity contribution in [3.8, 4) is 5.88 Å². The maximum absolute atomic E-state index is 11.4. The number of anilines is 2. The number of carbonyl (C=O) groups is 1. The van der Waals surface area contributed by atoms with Gasteiger partial charge < -0.3 is 19.6 Å². The molecule has 1 saturated carbocycles. The molecule has 0 amide bonds. The van der Waals surface area contributed by atoms with E-state index in [1.54, 1.807) is 25.3 Å². The molecule has 0 radical (unpaired) electrons. The summed E-state index contributed by atoms with van der Waals surface area (Å²) >= 11 is 0. The van der Waals surface area contributed by atoms with Crippen molar-refractivity contribution >= 4 is 39.7 Å². The van der Waals surface area contributed by atoms with Crippen molar-refractivity contribution in [2.45, 2.75) is 32.3 Å². The Balaban J connectivity index is 1.52. The van der Waals surface area contributed by atoms with Crippen molar-refractivity contribution in [1.82, 2.24) is 19.7 Å². The highest BCUT2D eigenvalue weighted by Gasteiger charge is 2.23. The molecule has 1 fully saturated rings. The number of aromatic nitrogens is 4. The van der Waals surface area contributed by atoms with Crippen molar-refractivity contribution < 1.29 is 19.1 Å². The predicted molar refractivity (Wildman–Crippen MR) is 101 cm³/mol. The number of hydrogen-bond donors (Lipinski definition) is 2. The third-order valence-corrected chi connectivity index (χ3v) is 4.91. The largest absolute Gasteiger partial charge is 0.472 e. The van der Waals surface area contributed by atoms with Crippen molar-refractivity contribution in [2.24, 2.45) is 0 Å². The summed E-state index contributed by atoms with van der Waals surface area (Å²) < 4.78 is 12.4. The highest BCUT2D eigenvalue weighted by Crippen LogP contribution is 2.31. The van der Waals surface area contributed by atoms with Crippen LogP contribution in [0.1, 0.15) is 25.0 Å². The van der Waals surface area contributed by atoms with Gasteiger partial charge in [0.05, 0.1) is 17.5 Å². The van der Waals surface area contributed by atoms with E-state index in [9.17, 15) is 9.90 Å². The van der Waals surface area contributed by atoms with Crippen LogP contribution in [-0.4, -0.2) is 37.1 Å². The fraction of sp³-hybridized carbons (Fsp3) is 0.263. The number of nitrogens with one attached hydrogen (secondary N) is 1. The van der Waals surface area contributed by atoms with E-state index in [0.29, 0.717) is 39.8 Å². The number of fused-ring (bicyclic) bond motifs is 2. The summed E-state index contributed by atoms with van der Waals surface area (Å²) in [6.07, 6.45) is 3.73. The molecule has 0 aliphatic heterocycles. The fourth-order valence-electron chi connectivity index (χ4n) is 3.24. The molecule has 0 saturated heterocycles. The molecule has 142 valence electrons. The van der Waals surface area contributed by atoms with E-state index >= 15 is 0 Å². The lowest BCUT2D eigenvalue weighted by Gasteiger charge is -2.25. The average molecular weight is 379 g/mol. The minimum absolute atomic E-state index is 0.153. The number of furan rings is 1. The van der Waals surface area contributed by atoms with Crippen LogP contribution in [-0.2, 0) is 0 Å². The van der Waals surface area contributed by atoms with Gasteiger partial charge in [-0.25, -0.2) is 9.78 Å². The Labute approximate surface area is 158 Å². The van der Waals surface area contributed by atoms with Crippen molar-refractivity contribution in [1.29, 1.82) is 0 Å². The Bertz CT molecular complexity index is 1210. The highest BCUT2D eigenvalue weighted by molar-refractivity contribution is 5.91. The van der Waals surface area contributed by atoms with Gasteiger partial charge in [-0.2, -0.15) is 14.8 Å². The minimum Gasteiger partial charge on any atom is -0.472 e. The first-order valence-corrected chi connectivity index (χ1v) is 9.00. The van der Waals surface area contributed by atoms with E-state index in [1.165, 1.54) is 0 Å². The van der Waals surface area contributed by atoms with Gasteiger partial charge in [-0.15, -0.1) is 0 Å². The molecule has 0 unspecified atom stereocenters. The number of aryl methyl sites for hydroxylation is 1. The van der Waals surface area contributed by atoms with Crippen molar-refractivity contribution in [3.63, 3.8) is 0 Å². The molecule has 0 atom stereocenters. The van der Waals surface area contributed by atoms with Gasteiger partial charge in [0.2, 0.25) is 11.5 Å². The Kier molecular flexibility index (Phi) is 3.68. The second-order valence-electron chi connectivity index (χ2n) is 6.79. The summed E-state index contributed by atoms with van der Waals surface area (Å²) in [4.78, 5) is 20.3. The Hall–Kier alpha value is -3.62. The molecule has 1 aliphatic carbocycles. The highest BCUT2D eigenvalue weighted by atomic mass is 16.5. The lowest BCUT2D eigenvalue weighted by molar-refractivity contribution is 0.115. The molecule has 3 aromatic heterocycles. The van der Waals surface area contributed by atoms with E-state index in [2.05, 4.69) is 20.4 Å². The number of ether oxygens (including phenoxy) is 1. The number of rotatable bonds is 4. The molecule has 9 heteroatoms. The lowest BCUT2D eigenvalue weighted by Crippen LogP contribution is -2.25. The van der Waals surface area contributed by atoms with Crippen molar-refractivity contribution in [3.05, 3.63) is 36.2 Å². The van der Waals surface area contributed by atoms with Crippen LogP contribution in [0.3, 0.4) is 0 Å². The van der Waals surface area contributed by atoms with E-state index in [4.69, 9.17) is 9.15 Å². The van der Waals surface area contributed by atoms with Crippen LogP contribution >= 0.6 is 0 Å². The van der Waals surface area contributed by atoms with Crippen molar-refractivity contribution in [2.75, 3.05) is 5.32 Å². The quantitative estimate of drug-likeness (QED) is 0.545. The number of hydrogen-bond acceptors (Lipinski definition) is 7. The Morgan fingerprint density at radius 2 is 2.18 bits per heavy atom. The van der Waals surface area contributed by atoms with E-state index in [1.807, 2.05) is 12.1 Å². The summed E-state index contributed by atoms with van der Waals surface area (Å²) in [5, 5.41) is 17.3. The zero-order valence-electron chi connectivity index (χ0n) is 15.0. The van der Waals surface area contributed by atoms with Gasteiger partial charge in [0.25, 0.3) is 5.88 Å². The third-order valence-electron chi connectivity index (χ3n) is 4.91. The van der Waals surface area contributed by atoms with E-state index < -0.39 is 6.09 Å². The molecule has 3 heterocycles. The Morgan fingerprint density at radius 1 is 1.32 bits per heavy atom. The molecular weight excluding hydrogens is 362 g/mol. The SMILES string of the molecule is Cc1nn(C(=O)O)c2cc(Nc3nc(OC4CCC4)c4occc4n3)ccc12. The van der Waals surface area contributed by atoms with Gasteiger partial charge in [0.15, 0.2) is 0 Å². The van der Waals surface area contributed by atoms with Crippen LogP contribution in [0.25, 0.3) is 22.0 Å². The Morgan fingerprint density at radius 3 is 2.93 bits per heavy atom. The zero-order chi connectivity index (χ0) is 19.3. The summed E-state index contributed by atoms with van der Waals surface area (Å²) in [6, 6.07) is 7.11. The summed E-state index contributed by atoms with van der Waals surface area (Å²) in [5.74, 6) is 0.760. The van der Waals surface area contributed by atoms with Crippen LogP contribution < -0.4 is 10.1 Å². The van der Waals surface area contributed by atoms with Gasteiger partial charge in [-0.3, -0.25) is 0 Å². The number of carboxylic acid groups (broad SMARTS) is 1. The predicted octanol–water partition coefficient (Wildman–Crippen LogP) is 4.08. The van der Waals surface area contributed by atoms with Crippen LogP contribution in [0.15, 0.2) is 34.9 Å². The summed E-state index contributed by atoms with van der Waals surface area (Å²) in [6.45, 7) is 1.77. The van der Waals surface area contributed by atoms with Crippen LogP contribution in [0.2, 0.25) is 0 Å². The minimum atomic E-state index is -1.14. The topological polar surface area (TPSA) is 115 Å². The van der Waals surface area contributed by atoms with Gasteiger partial charge in [0.1, 0.15) is 11.6 Å². The van der Waals surface area contributed by atoms with Gasteiger partial charge in [-0.1, -0.05) is 0 Å². The first-order chi connectivity index (χ1) is 13.6. The molecule has 9 nitrogen and oxygen atoms in total. The van der Waals surface area contributed by atoms with Gasteiger partial charge in [-0.05, 0) is 44.4 Å². The molecule has 5 rings (SSSR count). The molecule has 1 aliphatic rings. The molecule has 0 spiro atoms. The zero-order valence-corrected chi connectivity index (χ0v) is 15.0. The second-order valence-corrected chi connectivity index (χ2v) is 6.79. The van der Waals surface area contributed by atoms with Crippen LogP contribution in [0, 0.1) is 6.92 Å². The maximum Gasteiger partial charge on any atom is 0.432 e. The van der Waals surface area contributed by atoms with E-state index in [0.717, 1.165) is 29.3 Å². The monoisotopic (exact) mass is 379 g/mol. The molecule has 0 bridgehead atoms. The van der Waals surface area contributed by atoms with E-state index in [-0.39, 0.29) is 6.10 Å². The van der Waals surface area contributed by atoms with Gasteiger partial charge >= 0.3 is 6.09 Å². The fourth-order valence-corrected chi connectivity index (χ4v) is 3.24. The van der Waals surface area contributed by atoms with Crippen LogP contribution in [0.5, 0.6) is 5.88 Å². The first kappa shape index (κ1) is 16.5. The molecule has 1 aromatic carbocycles. The molecule has 4 aromatic rings.